The maximum Gasteiger partial charge on any atom is 0.164 e. The number of nitrogen functional groups attached to an aromatic ring is 1. The van der Waals surface area contributed by atoms with E-state index in [1.54, 1.807) is 35.3 Å². The third-order valence-electron chi connectivity index (χ3n) is 6.85. The standard InChI is InChI=1S/C29H26FN7/c1-4-17(2)20-9-19(13-31)10-21(11-20)27-26-28(32)34-16-35-29(26)37(36-27)18(3)22-12-23(15-33-14-22)24-7-5-6-8-25(24)30/h5-12,14-18H,4H2,1-3H3,(H2,32,34,35). The maximum atomic E-state index is 14.5. The molecular formula is C29H26FN7. The first-order chi connectivity index (χ1) is 17.9. The van der Waals surface area contributed by atoms with Crippen molar-refractivity contribution in [3.63, 3.8) is 0 Å². The smallest absolute Gasteiger partial charge is 0.164 e. The number of pyridine rings is 1. The molecule has 2 atom stereocenters. The Morgan fingerprint density at radius 1 is 1.03 bits per heavy atom. The number of anilines is 1. The lowest BCUT2D eigenvalue weighted by molar-refractivity contribution is 0.579. The molecule has 0 aliphatic heterocycles. The minimum absolute atomic E-state index is 0.278. The van der Waals surface area contributed by atoms with E-state index in [4.69, 9.17) is 10.8 Å². The summed E-state index contributed by atoms with van der Waals surface area (Å²) < 4.78 is 16.2. The molecule has 0 aliphatic rings. The summed E-state index contributed by atoms with van der Waals surface area (Å²) in [6.07, 6.45) is 5.74. The number of benzene rings is 2. The number of rotatable bonds is 6. The largest absolute Gasteiger partial charge is 0.383 e. The van der Waals surface area contributed by atoms with Crippen LogP contribution in [0, 0.1) is 17.1 Å². The van der Waals surface area contributed by atoms with Gasteiger partial charge in [-0.05, 0) is 60.7 Å². The molecule has 5 aromatic rings. The number of halogens is 1. The zero-order valence-corrected chi connectivity index (χ0v) is 20.9. The Bertz CT molecular complexity index is 1650. The van der Waals surface area contributed by atoms with Crippen molar-refractivity contribution in [1.29, 1.82) is 5.26 Å². The van der Waals surface area contributed by atoms with Crippen LogP contribution >= 0.6 is 0 Å². The minimum atomic E-state index is -0.309. The Balaban J connectivity index is 1.67. The second kappa shape index (κ2) is 9.78. The van der Waals surface area contributed by atoms with Crippen molar-refractivity contribution in [2.45, 2.75) is 39.2 Å². The van der Waals surface area contributed by atoms with Crippen LogP contribution in [0.3, 0.4) is 0 Å². The average molecular weight is 492 g/mol. The molecule has 3 aromatic heterocycles. The molecule has 184 valence electrons. The number of hydrogen-bond donors (Lipinski definition) is 1. The Labute approximate surface area is 214 Å². The highest BCUT2D eigenvalue weighted by molar-refractivity contribution is 5.98. The zero-order valence-electron chi connectivity index (χ0n) is 20.9. The van der Waals surface area contributed by atoms with Crippen molar-refractivity contribution in [1.82, 2.24) is 24.7 Å². The molecule has 0 radical (unpaired) electrons. The molecule has 0 saturated heterocycles. The second-order valence-electron chi connectivity index (χ2n) is 9.18. The van der Waals surface area contributed by atoms with Crippen LogP contribution in [-0.2, 0) is 0 Å². The van der Waals surface area contributed by atoms with Crippen molar-refractivity contribution < 1.29 is 4.39 Å². The molecule has 7 nitrogen and oxygen atoms in total. The summed E-state index contributed by atoms with van der Waals surface area (Å²) in [6.45, 7) is 6.23. The maximum absolute atomic E-state index is 14.5. The van der Waals surface area contributed by atoms with E-state index in [9.17, 15) is 9.65 Å². The fourth-order valence-corrected chi connectivity index (χ4v) is 4.51. The predicted molar refractivity (Wildman–Crippen MR) is 142 cm³/mol. The molecule has 8 heteroatoms. The van der Waals surface area contributed by atoms with Crippen LogP contribution in [0.5, 0.6) is 0 Å². The van der Waals surface area contributed by atoms with Gasteiger partial charge in [0.1, 0.15) is 23.7 Å². The van der Waals surface area contributed by atoms with Crippen LogP contribution in [0.4, 0.5) is 10.2 Å². The van der Waals surface area contributed by atoms with Gasteiger partial charge in [0.25, 0.3) is 0 Å². The molecule has 2 aromatic carbocycles. The van der Waals surface area contributed by atoms with Gasteiger partial charge in [-0.1, -0.05) is 32.0 Å². The molecule has 0 bridgehead atoms. The van der Waals surface area contributed by atoms with Gasteiger partial charge in [-0.3, -0.25) is 4.98 Å². The van der Waals surface area contributed by atoms with E-state index in [0.29, 0.717) is 39.2 Å². The monoisotopic (exact) mass is 491 g/mol. The van der Waals surface area contributed by atoms with Crippen LogP contribution < -0.4 is 5.73 Å². The topological polar surface area (TPSA) is 106 Å². The lowest BCUT2D eigenvalue weighted by Crippen LogP contribution is -2.10. The quantitative estimate of drug-likeness (QED) is 0.300. The van der Waals surface area contributed by atoms with E-state index in [0.717, 1.165) is 23.1 Å². The number of nitrogens with zero attached hydrogens (tertiary/aromatic N) is 6. The fourth-order valence-electron chi connectivity index (χ4n) is 4.51. The lowest BCUT2D eigenvalue weighted by Gasteiger charge is -2.14. The first-order valence-electron chi connectivity index (χ1n) is 12.1. The normalized spacial score (nSPS) is 12.8. The summed E-state index contributed by atoms with van der Waals surface area (Å²) in [7, 11) is 0. The van der Waals surface area contributed by atoms with Crippen molar-refractivity contribution >= 4 is 16.9 Å². The molecule has 2 N–H and O–H groups in total. The molecule has 2 unspecified atom stereocenters. The Hall–Kier alpha value is -4.64. The van der Waals surface area contributed by atoms with Gasteiger partial charge in [0.15, 0.2) is 5.65 Å². The third kappa shape index (κ3) is 4.40. The SMILES string of the molecule is CCC(C)c1cc(C#N)cc(-c2nn(C(C)c3cncc(-c4ccccc4F)c3)c3ncnc(N)c23)c1. The summed E-state index contributed by atoms with van der Waals surface area (Å²) in [5.74, 6) is 0.278. The summed E-state index contributed by atoms with van der Waals surface area (Å²) in [5, 5.41) is 15.2. The molecule has 0 aliphatic carbocycles. The molecule has 0 saturated carbocycles. The molecule has 3 heterocycles. The van der Waals surface area contributed by atoms with Gasteiger partial charge in [-0.25, -0.2) is 19.0 Å². The van der Waals surface area contributed by atoms with Crippen LogP contribution in [0.1, 0.15) is 55.8 Å². The number of fused-ring (bicyclic) bond motifs is 1. The molecule has 37 heavy (non-hydrogen) atoms. The first kappa shape index (κ1) is 24.1. The van der Waals surface area contributed by atoms with Crippen LogP contribution in [0.25, 0.3) is 33.4 Å². The number of hydrogen-bond acceptors (Lipinski definition) is 6. The summed E-state index contributed by atoms with van der Waals surface area (Å²) in [6, 6.07) is 16.3. The average Bonchev–Trinajstić information content (AvgIpc) is 3.33. The van der Waals surface area contributed by atoms with E-state index in [-0.39, 0.29) is 17.8 Å². The van der Waals surface area contributed by atoms with Gasteiger partial charge in [0, 0.05) is 29.1 Å². The highest BCUT2D eigenvalue weighted by Crippen LogP contribution is 2.35. The van der Waals surface area contributed by atoms with Gasteiger partial charge in [-0.15, -0.1) is 0 Å². The third-order valence-corrected chi connectivity index (χ3v) is 6.85. The molecule has 0 amide bonds. The van der Waals surface area contributed by atoms with E-state index in [1.165, 1.54) is 12.4 Å². The second-order valence-corrected chi connectivity index (χ2v) is 9.18. The van der Waals surface area contributed by atoms with Crippen molar-refractivity contribution in [2.75, 3.05) is 5.73 Å². The lowest BCUT2D eigenvalue weighted by atomic mass is 9.93. The number of nitrogens with two attached hydrogens (primary N) is 1. The van der Waals surface area contributed by atoms with Crippen LogP contribution in [0.15, 0.2) is 67.3 Å². The van der Waals surface area contributed by atoms with Crippen molar-refractivity contribution in [3.8, 4) is 28.5 Å². The van der Waals surface area contributed by atoms with E-state index < -0.39 is 0 Å². The van der Waals surface area contributed by atoms with Gasteiger partial charge in [-0.2, -0.15) is 10.4 Å². The fraction of sp³-hybridized carbons (Fsp3) is 0.207. The minimum Gasteiger partial charge on any atom is -0.383 e. The highest BCUT2D eigenvalue weighted by atomic mass is 19.1. The van der Waals surface area contributed by atoms with Gasteiger partial charge >= 0.3 is 0 Å². The van der Waals surface area contributed by atoms with E-state index in [1.807, 2.05) is 25.1 Å². The van der Waals surface area contributed by atoms with Crippen LogP contribution in [0.2, 0.25) is 0 Å². The Morgan fingerprint density at radius 2 is 1.81 bits per heavy atom. The van der Waals surface area contributed by atoms with Crippen molar-refractivity contribution in [2.24, 2.45) is 0 Å². The number of aromatic nitrogens is 5. The summed E-state index contributed by atoms with van der Waals surface area (Å²) >= 11 is 0. The summed E-state index contributed by atoms with van der Waals surface area (Å²) in [5.41, 5.74) is 11.9. The van der Waals surface area contributed by atoms with E-state index in [2.05, 4.69) is 40.9 Å². The molecular weight excluding hydrogens is 465 g/mol. The van der Waals surface area contributed by atoms with Gasteiger partial charge in [0.05, 0.1) is 23.1 Å². The van der Waals surface area contributed by atoms with Gasteiger partial charge in [0.2, 0.25) is 0 Å². The van der Waals surface area contributed by atoms with Crippen molar-refractivity contribution in [3.05, 3.63) is 89.8 Å². The molecule has 5 rings (SSSR count). The van der Waals surface area contributed by atoms with Crippen LogP contribution in [-0.4, -0.2) is 24.7 Å². The zero-order chi connectivity index (χ0) is 26.1. The van der Waals surface area contributed by atoms with E-state index >= 15 is 0 Å². The van der Waals surface area contributed by atoms with Gasteiger partial charge < -0.3 is 5.73 Å². The highest BCUT2D eigenvalue weighted by Gasteiger charge is 2.22. The predicted octanol–water partition coefficient (Wildman–Crippen LogP) is 6.27. The first-order valence-corrected chi connectivity index (χ1v) is 12.1. The number of nitriles is 1. The molecule has 0 spiro atoms. The molecule has 0 fully saturated rings. The summed E-state index contributed by atoms with van der Waals surface area (Å²) in [4.78, 5) is 13.1. The Kier molecular flexibility index (Phi) is 6.36. The Morgan fingerprint density at radius 3 is 2.57 bits per heavy atom.